The molecule has 4 heteroatoms. The number of hydrogen-bond acceptors (Lipinski definition) is 2. The van der Waals surface area contributed by atoms with E-state index >= 15 is 0 Å². The van der Waals surface area contributed by atoms with Crippen molar-refractivity contribution in [2.45, 2.75) is 64.3 Å². The van der Waals surface area contributed by atoms with Crippen LogP contribution in [0.4, 0.5) is 0 Å². The first-order valence-corrected chi connectivity index (χ1v) is 10.3. The molecule has 20 heavy (non-hydrogen) atoms. The Morgan fingerprint density at radius 1 is 1.25 bits per heavy atom. The van der Waals surface area contributed by atoms with Crippen molar-refractivity contribution in [1.82, 2.24) is 5.32 Å². The quantitative estimate of drug-likeness (QED) is 0.504. The molecule has 1 atom stereocenters. The van der Waals surface area contributed by atoms with Gasteiger partial charge in [0.15, 0.2) is 0 Å². The molecule has 2 rings (SSSR count). The van der Waals surface area contributed by atoms with E-state index in [1.165, 1.54) is 64.5 Å². The Labute approximate surface area is 144 Å². The predicted octanol–water partition coefficient (Wildman–Crippen LogP) is 6.67. The van der Waals surface area contributed by atoms with Crippen LogP contribution < -0.4 is 5.32 Å². The van der Waals surface area contributed by atoms with Crippen molar-refractivity contribution in [3.63, 3.8) is 0 Å². The minimum Gasteiger partial charge on any atom is -0.310 e. The molecule has 1 heterocycles. The molecule has 0 spiro atoms. The highest BCUT2D eigenvalue weighted by Crippen LogP contribution is 2.39. The zero-order chi connectivity index (χ0) is 14.4. The molecular weight excluding hydrogens is 398 g/mol. The molecule has 1 unspecified atom stereocenters. The molecule has 1 aromatic heterocycles. The fraction of sp³-hybridized carbons (Fsp3) is 0.750. The summed E-state index contributed by atoms with van der Waals surface area (Å²) in [6.45, 7) is 3.35. The third kappa shape index (κ3) is 5.11. The van der Waals surface area contributed by atoms with Crippen LogP contribution in [-0.2, 0) is 0 Å². The minimum absolute atomic E-state index is 0.509. The summed E-state index contributed by atoms with van der Waals surface area (Å²) in [5.41, 5.74) is 1.44. The molecule has 0 amide bonds. The maximum absolute atomic E-state index is 3.76. The lowest BCUT2D eigenvalue weighted by Crippen LogP contribution is -2.24. The summed E-state index contributed by atoms with van der Waals surface area (Å²) >= 11 is 9.15. The highest BCUT2D eigenvalue weighted by Gasteiger charge is 2.22. The van der Waals surface area contributed by atoms with Gasteiger partial charge in [-0.2, -0.15) is 0 Å². The largest absolute Gasteiger partial charge is 0.310 e. The number of thiophene rings is 1. The van der Waals surface area contributed by atoms with Crippen molar-refractivity contribution >= 4 is 43.2 Å². The van der Waals surface area contributed by atoms with Gasteiger partial charge >= 0.3 is 0 Å². The van der Waals surface area contributed by atoms with E-state index in [0.29, 0.717) is 6.04 Å². The van der Waals surface area contributed by atoms with E-state index in [9.17, 15) is 0 Å². The average molecular weight is 423 g/mol. The molecule has 1 fully saturated rings. The maximum atomic E-state index is 3.76. The second-order valence-electron chi connectivity index (χ2n) is 5.88. The lowest BCUT2D eigenvalue weighted by Gasteiger charge is -2.24. The lowest BCUT2D eigenvalue weighted by molar-refractivity contribution is 0.356. The summed E-state index contributed by atoms with van der Waals surface area (Å²) in [6, 6.07) is 2.80. The summed E-state index contributed by atoms with van der Waals surface area (Å²) in [7, 11) is 0. The Bertz CT molecular complexity index is 397. The van der Waals surface area contributed by atoms with E-state index in [4.69, 9.17) is 0 Å². The van der Waals surface area contributed by atoms with Crippen LogP contribution in [0.1, 0.15) is 69.9 Å². The first-order chi connectivity index (χ1) is 9.70. The highest BCUT2D eigenvalue weighted by atomic mass is 79.9. The van der Waals surface area contributed by atoms with Gasteiger partial charge in [-0.05, 0) is 68.8 Å². The van der Waals surface area contributed by atoms with Gasteiger partial charge in [-0.3, -0.25) is 0 Å². The fourth-order valence-electron chi connectivity index (χ4n) is 3.16. The average Bonchev–Trinajstić information content (AvgIpc) is 2.64. The van der Waals surface area contributed by atoms with Crippen LogP contribution in [0.15, 0.2) is 13.6 Å². The Balaban J connectivity index is 2.04. The SMILES string of the molecule is CCCNC(CC1CCCCCC1)c1cc(Br)sc1Br. The molecule has 0 saturated heterocycles. The van der Waals surface area contributed by atoms with Gasteiger partial charge in [-0.1, -0.05) is 45.4 Å². The van der Waals surface area contributed by atoms with Gasteiger partial charge in [-0.25, -0.2) is 0 Å². The van der Waals surface area contributed by atoms with Gasteiger partial charge in [0.1, 0.15) is 0 Å². The van der Waals surface area contributed by atoms with Gasteiger partial charge < -0.3 is 5.32 Å². The summed E-state index contributed by atoms with van der Waals surface area (Å²) < 4.78 is 2.51. The zero-order valence-electron chi connectivity index (χ0n) is 12.3. The van der Waals surface area contributed by atoms with Crippen LogP contribution in [0.3, 0.4) is 0 Å². The standard InChI is InChI=1S/C16H25Br2NS/c1-2-9-19-14(13-11-15(17)20-16(13)18)10-12-7-5-3-4-6-8-12/h11-12,14,19H,2-10H2,1H3. The normalized spacial score (nSPS) is 18.9. The molecule has 0 aromatic carbocycles. The van der Waals surface area contributed by atoms with Crippen molar-refractivity contribution in [1.29, 1.82) is 0 Å². The van der Waals surface area contributed by atoms with Crippen LogP contribution in [0.2, 0.25) is 0 Å². The highest BCUT2D eigenvalue weighted by molar-refractivity contribution is 9.12. The second kappa shape index (κ2) is 8.92. The minimum atomic E-state index is 0.509. The Morgan fingerprint density at radius 2 is 1.95 bits per heavy atom. The van der Waals surface area contributed by atoms with Crippen LogP contribution in [0.25, 0.3) is 0 Å². The molecule has 1 aliphatic carbocycles. The van der Waals surface area contributed by atoms with Crippen LogP contribution in [0.5, 0.6) is 0 Å². The third-order valence-electron chi connectivity index (χ3n) is 4.24. The van der Waals surface area contributed by atoms with Gasteiger partial charge in [0, 0.05) is 6.04 Å². The molecule has 114 valence electrons. The number of halogens is 2. The molecule has 1 nitrogen and oxygen atoms in total. The maximum Gasteiger partial charge on any atom is 0.0758 e. The van der Waals surface area contributed by atoms with E-state index < -0.39 is 0 Å². The van der Waals surface area contributed by atoms with E-state index in [2.05, 4.69) is 50.2 Å². The Morgan fingerprint density at radius 3 is 2.50 bits per heavy atom. The van der Waals surface area contributed by atoms with Crippen molar-refractivity contribution < 1.29 is 0 Å². The Hall–Kier alpha value is 0.620. The van der Waals surface area contributed by atoms with Crippen molar-refractivity contribution in [3.05, 3.63) is 19.2 Å². The van der Waals surface area contributed by atoms with Crippen LogP contribution in [0, 0.1) is 5.92 Å². The smallest absolute Gasteiger partial charge is 0.0758 e. The number of hydrogen-bond donors (Lipinski definition) is 1. The molecule has 0 aliphatic heterocycles. The summed E-state index contributed by atoms with van der Waals surface area (Å²) in [4.78, 5) is 0. The van der Waals surface area contributed by atoms with E-state index in [1.807, 2.05) is 0 Å². The lowest BCUT2D eigenvalue weighted by atomic mass is 9.90. The van der Waals surface area contributed by atoms with Crippen LogP contribution in [-0.4, -0.2) is 6.54 Å². The molecular formula is C16H25Br2NS. The zero-order valence-corrected chi connectivity index (χ0v) is 16.2. The van der Waals surface area contributed by atoms with Gasteiger partial charge in [0.05, 0.1) is 7.57 Å². The van der Waals surface area contributed by atoms with E-state index in [0.717, 1.165) is 12.5 Å². The number of nitrogens with one attached hydrogen (secondary N) is 1. The van der Waals surface area contributed by atoms with E-state index in [-0.39, 0.29) is 0 Å². The van der Waals surface area contributed by atoms with Crippen molar-refractivity contribution in [3.8, 4) is 0 Å². The molecule has 0 radical (unpaired) electrons. The molecule has 1 N–H and O–H groups in total. The van der Waals surface area contributed by atoms with Gasteiger partial charge in [0.25, 0.3) is 0 Å². The third-order valence-corrected chi connectivity index (χ3v) is 6.63. The summed E-state index contributed by atoms with van der Waals surface area (Å²) in [6.07, 6.45) is 11.1. The van der Waals surface area contributed by atoms with Gasteiger partial charge in [0.2, 0.25) is 0 Å². The Kier molecular flexibility index (Phi) is 7.57. The first-order valence-electron chi connectivity index (χ1n) is 7.88. The molecule has 1 saturated carbocycles. The predicted molar refractivity (Wildman–Crippen MR) is 96.6 cm³/mol. The van der Waals surface area contributed by atoms with Crippen LogP contribution >= 0.6 is 43.2 Å². The summed E-state index contributed by atoms with van der Waals surface area (Å²) in [5.74, 6) is 0.900. The number of rotatable bonds is 6. The summed E-state index contributed by atoms with van der Waals surface area (Å²) in [5, 5.41) is 3.76. The van der Waals surface area contributed by atoms with E-state index in [1.54, 1.807) is 11.3 Å². The van der Waals surface area contributed by atoms with Crippen molar-refractivity contribution in [2.75, 3.05) is 6.54 Å². The fourth-order valence-corrected chi connectivity index (χ4v) is 6.14. The topological polar surface area (TPSA) is 12.0 Å². The first kappa shape index (κ1) is 17.0. The van der Waals surface area contributed by atoms with Crippen molar-refractivity contribution in [2.24, 2.45) is 5.92 Å². The molecule has 1 aromatic rings. The monoisotopic (exact) mass is 421 g/mol. The second-order valence-corrected chi connectivity index (χ2v) is 9.63. The molecule has 0 bridgehead atoms. The van der Waals surface area contributed by atoms with Gasteiger partial charge in [-0.15, -0.1) is 11.3 Å². The molecule has 1 aliphatic rings.